The minimum Gasteiger partial charge on any atom is -0.383 e. The first-order valence-electron chi connectivity index (χ1n) is 4.47. The number of ether oxygens (including phenoxy) is 1. The first-order valence-corrected chi connectivity index (χ1v) is 4.85. The maximum atomic E-state index is 12.4. The van der Waals surface area contributed by atoms with Crippen molar-refractivity contribution in [3.8, 4) is 0 Å². The Morgan fingerprint density at radius 2 is 2.06 bits per heavy atom. The summed E-state index contributed by atoms with van der Waals surface area (Å²) in [6.07, 6.45) is -4.40. The lowest BCUT2D eigenvalue weighted by atomic mass is 10.0. The van der Waals surface area contributed by atoms with Crippen molar-refractivity contribution in [3.63, 3.8) is 0 Å². The molecule has 1 aromatic carbocycles. The molecule has 1 aromatic rings. The summed E-state index contributed by atoms with van der Waals surface area (Å²) in [5.41, 5.74) is 5.11. The van der Waals surface area contributed by atoms with Gasteiger partial charge in [0.05, 0.1) is 18.2 Å². The van der Waals surface area contributed by atoms with E-state index < -0.39 is 17.8 Å². The quantitative estimate of drug-likeness (QED) is 0.899. The molecule has 16 heavy (non-hydrogen) atoms. The van der Waals surface area contributed by atoms with E-state index in [2.05, 4.69) is 0 Å². The summed E-state index contributed by atoms with van der Waals surface area (Å²) >= 11 is 5.77. The highest BCUT2D eigenvalue weighted by Crippen LogP contribution is 2.33. The molecule has 2 N–H and O–H groups in total. The Hall–Kier alpha value is -0.780. The molecule has 1 unspecified atom stereocenters. The monoisotopic (exact) mass is 253 g/mol. The van der Waals surface area contributed by atoms with Crippen molar-refractivity contribution in [2.75, 3.05) is 13.7 Å². The van der Waals surface area contributed by atoms with Crippen LogP contribution in [-0.4, -0.2) is 13.7 Å². The number of alkyl halides is 3. The highest BCUT2D eigenvalue weighted by molar-refractivity contribution is 6.31. The molecule has 0 amide bonds. The van der Waals surface area contributed by atoms with Crippen molar-refractivity contribution in [1.29, 1.82) is 0 Å². The summed E-state index contributed by atoms with van der Waals surface area (Å²) in [6, 6.07) is 2.40. The minimum absolute atomic E-state index is 0.112. The molecule has 0 radical (unpaired) electrons. The van der Waals surface area contributed by atoms with Crippen molar-refractivity contribution in [2.24, 2.45) is 5.73 Å². The fourth-order valence-corrected chi connectivity index (χ4v) is 1.53. The molecule has 0 aliphatic rings. The van der Waals surface area contributed by atoms with Crippen LogP contribution in [0.5, 0.6) is 0 Å². The molecule has 0 spiro atoms. The molecule has 0 aliphatic carbocycles. The van der Waals surface area contributed by atoms with E-state index in [9.17, 15) is 13.2 Å². The zero-order valence-electron chi connectivity index (χ0n) is 8.51. The molecule has 1 rings (SSSR count). The van der Waals surface area contributed by atoms with Gasteiger partial charge in [-0.2, -0.15) is 13.2 Å². The fraction of sp³-hybridized carbons (Fsp3) is 0.400. The second-order valence-corrected chi connectivity index (χ2v) is 3.70. The molecule has 0 bridgehead atoms. The first-order chi connectivity index (χ1) is 7.36. The third-order valence-corrected chi connectivity index (χ3v) is 2.41. The van der Waals surface area contributed by atoms with E-state index in [-0.39, 0.29) is 17.2 Å². The maximum Gasteiger partial charge on any atom is 0.416 e. The third-order valence-electron chi connectivity index (χ3n) is 2.07. The lowest BCUT2D eigenvalue weighted by Gasteiger charge is -2.15. The average Bonchev–Trinajstić information content (AvgIpc) is 2.16. The van der Waals surface area contributed by atoms with Gasteiger partial charge in [0.1, 0.15) is 0 Å². The van der Waals surface area contributed by atoms with Crippen molar-refractivity contribution in [2.45, 2.75) is 12.2 Å². The molecule has 0 aliphatic heterocycles. The van der Waals surface area contributed by atoms with Gasteiger partial charge >= 0.3 is 6.18 Å². The number of hydrogen-bond acceptors (Lipinski definition) is 2. The predicted octanol–water partition coefficient (Wildman–Crippen LogP) is 3.01. The fourth-order valence-electron chi connectivity index (χ4n) is 1.27. The molecule has 0 fully saturated rings. The molecule has 0 saturated carbocycles. The van der Waals surface area contributed by atoms with Crippen molar-refractivity contribution < 1.29 is 17.9 Å². The molecule has 6 heteroatoms. The molecule has 2 nitrogen and oxygen atoms in total. The second-order valence-electron chi connectivity index (χ2n) is 3.30. The number of halogens is 4. The van der Waals surface area contributed by atoms with E-state index in [1.54, 1.807) is 0 Å². The second kappa shape index (κ2) is 5.03. The SMILES string of the molecule is COCC(N)c1cc(C(F)(F)F)ccc1Cl. The van der Waals surface area contributed by atoms with Crippen LogP contribution < -0.4 is 5.73 Å². The summed E-state index contributed by atoms with van der Waals surface area (Å²) in [7, 11) is 1.42. The van der Waals surface area contributed by atoms with Crippen molar-refractivity contribution in [1.82, 2.24) is 0 Å². The minimum atomic E-state index is -4.40. The van der Waals surface area contributed by atoms with E-state index in [0.717, 1.165) is 12.1 Å². The Labute approximate surface area is 96.1 Å². The summed E-state index contributed by atoms with van der Waals surface area (Å²) in [5.74, 6) is 0. The number of rotatable bonds is 3. The van der Waals surface area contributed by atoms with Crippen LogP contribution in [-0.2, 0) is 10.9 Å². The number of nitrogens with two attached hydrogens (primary N) is 1. The lowest BCUT2D eigenvalue weighted by molar-refractivity contribution is -0.137. The van der Waals surface area contributed by atoms with Gasteiger partial charge in [-0.25, -0.2) is 0 Å². The molecule has 0 saturated heterocycles. The summed E-state index contributed by atoms with van der Waals surface area (Å²) in [6.45, 7) is 0.112. The lowest BCUT2D eigenvalue weighted by Crippen LogP contribution is -2.17. The van der Waals surface area contributed by atoms with Crippen LogP contribution in [0.2, 0.25) is 5.02 Å². The smallest absolute Gasteiger partial charge is 0.383 e. The van der Waals surface area contributed by atoms with Gasteiger partial charge in [-0.05, 0) is 23.8 Å². The van der Waals surface area contributed by atoms with Crippen LogP contribution in [0, 0.1) is 0 Å². The number of methoxy groups -OCH3 is 1. The van der Waals surface area contributed by atoms with Gasteiger partial charge in [-0.3, -0.25) is 0 Å². The Balaban J connectivity index is 3.09. The van der Waals surface area contributed by atoms with Gasteiger partial charge in [0.25, 0.3) is 0 Å². The van der Waals surface area contributed by atoms with Crippen molar-refractivity contribution in [3.05, 3.63) is 34.3 Å². The zero-order chi connectivity index (χ0) is 12.3. The Morgan fingerprint density at radius 1 is 1.44 bits per heavy atom. The van der Waals surface area contributed by atoms with E-state index >= 15 is 0 Å². The van der Waals surface area contributed by atoms with Gasteiger partial charge in [-0.15, -0.1) is 0 Å². The van der Waals surface area contributed by atoms with Gasteiger partial charge in [0, 0.05) is 12.1 Å². The predicted molar refractivity (Wildman–Crippen MR) is 55.3 cm³/mol. The summed E-state index contributed by atoms with van der Waals surface area (Å²) in [5, 5.41) is 0.206. The van der Waals surface area contributed by atoms with E-state index in [4.69, 9.17) is 22.1 Å². The topological polar surface area (TPSA) is 35.2 Å². The Morgan fingerprint density at radius 3 is 2.56 bits per heavy atom. The van der Waals surface area contributed by atoms with Gasteiger partial charge < -0.3 is 10.5 Å². The summed E-state index contributed by atoms with van der Waals surface area (Å²) in [4.78, 5) is 0. The molecular weight excluding hydrogens is 243 g/mol. The number of hydrogen-bond donors (Lipinski definition) is 1. The van der Waals surface area contributed by atoms with Crippen LogP contribution in [0.4, 0.5) is 13.2 Å². The van der Waals surface area contributed by atoms with Crippen LogP contribution in [0.3, 0.4) is 0 Å². The summed E-state index contributed by atoms with van der Waals surface area (Å²) < 4.78 is 42.1. The standard InChI is InChI=1S/C10H11ClF3NO/c1-16-5-9(15)7-4-6(10(12,13)14)2-3-8(7)11/h2-4,9H,5,15H2,1H3. The van der Waals surface area contributed by atoms with Gasteiger partial charge in [0.15, 0.2) is 0 Å². The molecule has 0 heterocycles. The highest BCUT2D eigenvalue weighted by atomic mass is 35.5. The van der Waals surface area contributed by atoms with Crippen LogP contribution in [0.1, 0.15) is 17.2 Å². The Bertz CT molecular complexity index is 368. The van der Waals surface area contributed by atoms with Crippen LogP contribution >= 0.6 is 11.6 Å². The number of benzene rings is 1. The molecular formula is C10H11ClF3NO. The van der Waals surface area contributed by atoms with Crippen LogP contribution in [0.25, 0.3) is 0 Å². The van der Waals surface area contributed by atoms with Gasteiger partial charge in [-0.1, -0.05) is 11.6 Å². The van der Waals surface area contributed by atoms with Crippen LogP contribution in [0.15, 0.2) is 18.2 Å². The highest BCUT2D eigenvalue weighted by Gasteiger charge is 2.31. The van der Waals surface area contributed by atoms with E-state index in [1.165, 1.54) is 13.2 Å². The van der Waals surface area contributed by atoms with E-state index in [1.807, 2.05) is 0 Å². The average molecular weight is 254 g/mol. The largest absolute Gasteiger partial charge is 0.416 e. The van der Waals surface area contributed by atoms with Crippen molar-refractivity contribution >= 4 is 11.6 Å². The van der Waals surface area contributed by atoms with Gasteiger partial charge in [0.2, 0.25) is 0 Å². The molecule has 90 valence electrons. The Kier molecular flexibility index (Phi) is 4.18. The molecule has 0 aromatic heterocycles. The maximum absolute atomic E-state index is 12.4. The third kappa shape index (κ3) is 3.10. The molecule has 1 atom stereocenters. The van der Waals surface area contributed by atoms with E-state index in [0.29, 0.717) is 0 Å². The first kappa shape index (κ1) is 13.3. The zero-order valence-corrected chi connectivity index (χ0v) is 9.27. The normalized spacial score (nSPS) is 13.9.